The lowest BCUT2D eigenvalue weighted by atomic mass is 9.96. The van der Waals surface area contributed by atoms with Gasteiger partial charge in [0.1, 0.15) is 5.69 Å². The van der Waals surface area contributed by atoms with Crippen molar-refractivity contribution in [3.05, 3.63) is 47.3 Å². The van der Waals surface area contributed by atoms with Gasteiger partial charge in [-0.25, -0.2) is 0 Å². The van der Waals surface area contributed by atoms with Crippen LogP contribution in [0.5, 0.6) is 0 Å². The van der Waals surface area contributed by atoms with Crippen molar-refractivity contribution in [3.63, 3.8) is 0 Å². The summed E-state index contributed by atoms with van der Waals surface area (Å²) in [6.07, 6.45) is 5.58. The molecule has 134 valence electrons. The topological polar surface area (TPSA) is 59.8 Å². The number of aromatic nitrogens is 3. The molecule has 0 aliphatic heterocycles. The van der Waals surface area contributed by atoms with E-state index in [0.717, 1.165) is 30.1 Å². The van der Waals surface area contributed by atoms with Crippen molar-refractivity contribution in [2.75, 3.05) is 0 Å². The third kappa shape index (κ3) is 5.15. The molecule has 5 heteroatoms. The zero-order chi connectivity index (χ0) is 17.8. The Bertz CT molecular complexity index is 701. The number of nitrogens with one attached hydrogen (secondary N) is 1. The van der Waals surface area contributed by atoms with Crippen LogP contribution in [0.25, 0.3) is 0 Å². The Morgan fingerprint density at radius 2 is 1.96 bits per heavy atom. The van der Waals surface area contributed by atoms with Gasteiger partial charge in [-0.1, -0.05) is 43.3 Å². The summed E-state index contributed by atoms with van der Waals surface area (Å²) in [5.41, 5.74) is 3.18. The molecule has 1 aliphatic carbocycles. The van der Waals surface area contributed by atoms with Gasteiger partial charge in [0, 0.05) is 6.54 Å². The Morgan fingerprint density at radius 1 is 1.24 bits per heavy atom. The van der Waals surface area contributed by atoms with Crippen molar-refractivity contribution in [1.82, 2.24) is 20.3 Å². The number of benzene rings is 1. The van der Waals surface area contributed by atoms with E-state index >= 15 is 0 Å². The summed E-state index contributed by atoms with van der Waals surface area (Å²) in [6.45, 7) is 7.74. The Hall–Kier alpha value is -2.17. The normalized spacial score (nSPS) is 15.4. The number of rotatable bonds is 8. The van der Waals surface area contributed by atoms with Crippen LogP contribution in [0, 0.1) is 11.8 Å². The first-order chi connectivity index (χ1) is 12.0. The second-order valence-electron chi connectivity index (χ2n) is 7.65. The first kappa shape index (κ1) is 17.6. The number of nitrogens with zero attached hydrogens (tertiary/aromatic N) is 3. The maximum atomic E-state index is 12.4. The molecule has 5 nitrogen and oxygen atoms in total. The molecule has 1 atom stereocenters. The van der Waals surface area contributed by atoms with Gasteiger partial charge >= 0.3 is 0 Å². The SMILES string of the molecule is CC(C)Cc1ccc(C(C)C(=O)NCc2cn(CC3CC3)nn2)cc1. The van der Waals surface area contributed by atoms with Gasteiger partial charge in [0.25, 0.3) is 0 Å². The summed E-state index contributed by atoms with van der Waals surface area (Å²) < 4.78 is 1.88. The minimum atomic E-state index is -0.172. The third-order valence-corrected chi connectivity index (χ3v) is 4.69. The summed E-state index contributed by atoms with van der Waals surface area (Å²) in [7, 11) is 0. The van der Waals surface area contributed by atoms with E-state index in [9.17, 15) is 4.79 Å². The molecule has 0 radical (unpaired) electrons. The first-order valence-corrected chi connectivity index (χ1v) is 9.27. The van der Waals surface area contributed by atoms with E-state index < -0.39 is 0 Å². The molecule has 1 fully saturated rings. The van der Waals surface area contributed by atoms with Crippen LogP contribution in [-0.2, 0) is 24.3 Å². The first-order valence-electron chi connectivity index (χ1n) is 9.27. The Kier molecular flexibility index (Phi) is 5.51. The van der Waals surface area contributed by atoms with Gasteiger partial charge in [0.2, 0.25) is 5.91 Å². The number of amides is 1. The number of hydrogen-bond acceptors (Lipinski definition) is 3. The Labute approximate surface area is 149 Å². The third-order valence-electron chi connectivity index (χ3n) is 4.69. The standard InChI is InChI=1S/C20H28N4O/c1-14(2)10-16-6-8-18(9-7-16)15(3)20(25)21-11-19-13-24(23-22-19)12-17-4-5-17/h6-9,13-15,17H,4-5,10-12H2,1-3H3,(H,21,25). The second kappa shape index (κ2) is 7.81. The van der Waals surface area contributed by atoms with Gasteiger partial charge in [-0.05, 0) is 49.1 Å². The van der Waals surface area contributed by atoms with Gasteiger partial charge in [-0.3, -0.25) is 9.48 Å². The molecule has 1 N–H and O–H groups in total. The molecule has 1 heterocycles. The molecule has 1 aromatic heterocycles. The molecule has 1 aromatic carbocycles. The van der Waals surface area contributed by atoms with Gasteiger partial charge < -0.3 is 5.32 Å². The van der Waals surface area contributed by atoms with Crippen LogP contribution in [0.1, 0.15) is 56.4 Å². The minimum absolute atomic E-state index is 0.0216. The lowest BCUT2D eigenvalue weighted by molar-refractivity contribution is -0.122. The predicted octanol–water partition coefficient (Wildman–Crippen LogP) is 3.31. The molecule has 3 rings (SSSR count). The minimum Gasteiger partial charge on any atom is -0.350 e. The molecule has 1 amide bonds. The quantitative estimate of drug-likeness (QED) is 0.802. The van der Waals surface area contributed by atoms with E-state index in [4.69, 9.17) is 0 Å². The Balaban J connectivity index is 1.50. The molecule has 1 saturated carbocycles. The van der Waals surface area contributed by atoms with E-state index in [2.05, 4.69) is 53.7 Å². The molecule has 1 unspecified atom stereocenters. The summed E-state index contributed by atoms with van der Waals surface area (Å²) in [6, 6.07) is 8.38. The second-order valence-corrected chi connectivity index (χ2v) is 7.65. The maximum Gasteiger partial charge on any atom is 0.227 e. The number of hydrogen-bond donors (Lipinski definition) is 1. The highest BCUT2D eigenvalue weighted by Gasteiger charge is 2.22. The molecule has 0 saturated heterocycles. The van der Waals surface area contributed by atoms with Crippen LogP contribution in [-0.4, -0.2) is 20.9 Å². The van der Waals surface area contributed by atoms with Crippen LogP contribution in [0.3, 0.4) is 0 Å². The van der Waals surface area contributed by atoms with Gasteiger partial charge in [-0.2, -0.15) is 0 Å². The summed E-state index contributed by atoms with van der Waals surface area (Å²) in [4.78, 5) is 12.4. The fourth-order valence-corrected chi connectivity index (χ4v) is 2.97. The molecule has 2 aromatic rings. The van der Waals surface area contributed by atoms with Crippen LogP contribution in [0.2, 0.25) is 0 Å². The highest BCUT2D eigenvalue weighted by molar-refractivity contribution is 5.83. The van der Waals surface area contributed by atoms with Gasteiger partial charge in [-0.15, -0.1) is 5.10 Å². The molecular formula is C20H28N4O. The average Bonchev–Trinajstić information content (AvgIpc) is 3.28. The van der Waals surface area contributed by atoms with E-state index in [1.807, 2.05) is 17.8 Å². The smallest absolute Gasteiger partial charge is 0.227 e. The van der Waals surface area contributed by atoms with Crippen molar-refractivity contribution in [3.8, 4) is 0 Å². The largest absolute Gasteiger partial charge is 0.350 e. The fourth-order valence-electron chi connectivity index (χ4n) is 2.97. The highest BCUT2D eigenvalue weighted by Crippen LogP contribution is 2.30. The van der Waals surface area contributed by atoms with Crippen molar-refractivity contribution >= 4 is 5.91 Å². The lowest BCUT2D eigenvalue weighted by Gasteiger charge is -2.13. The predicted molar refractivity (Wildman–Crippen MR) is 98.0 cm³/mol. The molecular weight excluding hydrogens is 312 g/mol. The Morgan fingerprint density at radius 3 is 2.60 bits per heavy atom. The van der Waals surface area contributed by atoms with Crippen molar-refractivity contribution in [2.45, 2.75) is 59.0 Å². The van der Waals surface area contributed by atoms with Gasteiger partial charge in [0.15, 0.2) is 0 Å². The lowest BCUT2D eigenvalue weighted by Crippen LogP contribution is -2.27. The summed E-state index contributed by atoms with van der Waals surface area (Å²) >= 11 is 0. The zero-order valence-electron chi connectivity index (χ0n) is 15.4. The average molecular weight is 340 g/mol. The van der Waals surface area contributed by atoms with Crippen LogP contribution in [0.4, 0.5) is 0 Å². The molecule has 1 aliphatic rings. The van der Waals surface area contributed by atoms with E-state index in [0.29, 0.717) is 12.5 Å². The van der Waals surface area contributed by atoms with E-state index in [-0.39, 0.29) is 11.8 Å². The molecule has 0 spiro atoms. The number of carbonyl (C=O) groups is 1. The summed E-state index contributed by atoms with van der Waals surface area (Å²) in [5.74, 6) is 1.26. The maximum absolute atomic E-state index is 12.4. The fraction of sp³-hybridized carbons (Fsp3) is 0.550. The van der Waals surface area contributed by atoms with Crippen LogP contribution >= 0.6 is 0 Å². The van der Waals surface area contributed by atoms with Crippen molar-refractivity contribution in [1.29, 1.82) is 0 Å². The van der Waals surface area contributed by atoms with Crippen molar-refractivity contribution < 1.29 is 4.79 Å². The zero-order valence-corrected chi connectivity index (χ0v) is 15.4. The van der Waals surface area contributed by atoms with Crippen LogP contribution < -0.4 is 5.32 Å². The monoisotopic (exact) mass is 340 g/mol. The van der Waals surface area contributed by atoms with E-state index in [1.165, 1.54) is 18.4 Å². The highest BCUT2D eigenvalue weighted by atomic mass is 16.1. The molecule has 0 bridgehead atoms. The summed E-state index contributed by atoms with van der Waals surface area (Å²) in [5, 5.41) is 11.2. The molecule has 25 heavy (non-hydrogen) atoms. The number of carbonyl (C=O) groups excluding carboxylic acids is 1. The van der Waals surface area contributed by atoms with Gasteiger partial charge in [0.05, 0.1) is 18.7 Å². The van der Waals surface area contributed by atoms with E-state index in [1.54, 1.807) is 0 Å². The van der Waals surface area contributed by atoms with Crippen LogP contribution in [0.15, 0.2) is 30.5 Å². The van der Waals surface area contributed by atoms with Crippen molar-refractivity contribution in [2.24, 2.45) is 11.8 Å².